The Labute approximate surface area is 115 Å². The van der Waals surface area contributed by atoms with Crippen LogP contribution in [0.25, 0.3) is 0 Å². The average molecular weight is 260 g/mol. The molecule has 19 heavy (non-hydrogen) atoms. The second-order valence-electron chi connectivity index (χ2n) is 6.26. The molecule has 3 heteroatoms. The number of rotatable bonds is 1. The summed E-state index contributed by atoms with van der Waals surface area (Å²) in [6.45, 7) is 4.28. The molecule has 0 amide bonds. The first-order chi connectivity index (χ1) is 9.10. The number of piperidine rings is 1. The number of benzene rings is 1. The van der Waals surface area contributed by atoms with Crippen LogP contribution in [0.3, 0.4) is 0 Å². The highest BCUT2D eigenvalue weighted by molar-refractivity contribution is 5.42. The van der Waals surface area contributed by atoms with Crippen molar-refractivity contribution >= 4 is 0 Å². The van der Waals surface area contributed by atoms with Gasteiger partial charge in [0.25, 0.3) is 0 Å². The summed E-state index contributed by atoms with van der Waals surface area (Å²) in [5, 5.41) is 3.44. The van der Waals surface area contributed by atoms with Crippen molar-refractivity contribution < 1.29 is 4.74 Å². The van der Waals surface area contributed by atoms with Crippen molar-refractivity contribution in [1.29, 1.82) is 0 Å². The molecule has 0 radical (unpaired) electrons. The molecule has 1 atom stereocenters. The van der Waals surface area contributed by atoms with E-state index in [1.807, 2.05) is 0 Å². The van der Waals surface area contributed by atoms with E-state index in [2.05, 4.69) is 49.4 Å². The van der Waals surface area contributed by atoms with E-state index >= 15 is 0 Å². The number of nitrogens with zero attached hydrogens (tertiary/aromatic N) is 1. The first kappa shape index (κ1) is 12.9. The van der Waals surface area contributed by atoms with Gasteiger partial charge in [-0.1, -0.05) is 12.1 Å². The fourth-order valence-corrected chi connectivity index (χ4v) is 3.39. The molecular weight excluding hydrogens is 236 g/mol. The fourth-order valence-electron chi connectivity index (χ4n) is 3.39. The van der Waals surface area contributed by atoms with E-state index in [0.717, 1.165) is 38.1 Å². The van der Waals surface area contributed by atoms with E-state index in [9.17, 15) is 0 Å². The predicted molar refractivity (Wildman–Crippen MR) is 77.7 cm³/mol. The van der Waals surface area contributed by atoms with Gasteiger partial charge >= 0.3 is 0 Å². The van der Waals surface area contributed by atoms with Crippen LogP contribution in [0, 0.1) is 6.92 Å². The zero-order chi connectivity index (χ0) is 13.5. The Balaban J connectivity index is 1.99. The molecule has 1 unspecified atom stereocenters. The molecule has 2 heterocycles. The summed E-state index contributed by atoms with van der Waals surface area (Å²) in [5.41, 5.74) is 2.67. The highest BCUT2D eigenvalue weighted by Gasteiger charge is 2.42. The fraction of sp³-hybridized carbons (Fsp3) is 0.625. The summed E-state index contributed by atoms with van der Waals surface area (Å²) in [6.07, 6.45) is 3.34. The van der Waals surface area contributed by atoms with Crippen LogP contribution in [0.1, 0.15) is 36.4 Å². The zero-order valence-corrected chi connectivity index (χ0v) is 12.2. The Morgan fingerprint density at radius 1 is 1.26 bits per heavy atom. The number of nitrogens with one attached hydrogen (secondary N) is 1. The van der Waals surface area contributed by atoms with Crippen LogP contribution in [0.2, 0.25) is 0 Å². The van der Waals surface area contributed by atoms with Crippen LogP contribution >= 0.6 is 0 Å². The molecule has 3 rings (SSSR count). The van der Waals surface area contributed by atoms with Gasteiger partial charge in [-0.15, -0.1) is 0 Å². The van der Waals surface area contributed by atoms with E-state index in [4.69, 9.17) is 4.74 Å². The number of ether oxygens (including phenoxy) is 1. The Morgan fingerprint density at radius 3 is 2.68 bits per heavy atom. The van der Waals surface area contributed by atoms with Gasteiger partial charge in [-0.2, -0.15) is 0 Å². The Bertz CT molecular complexity index is 464. The highest BCUT2D eigenvalue weighted by Crippen LogP contribution is 2.45. The summed E-state index contributed by atoms with van der Waals surface area (Å²) in [5.74, 6) is 1.10. The van der Waals surface area contributed by atoms with Gasteiger partial charge in [-0.25, -0.2) is 0 Å². The summed E-state index contributed by atoms with van der Waals surface area (Å²) in [6, 6.07) is 7.11. The number of fused-ring (bicyclic) bond motifs is 1. The van der Waals surface area contributed by atoms with E-state index in [-0.39, 0.29) is 5.60 Å². The minimum Gasteiger partial charge on any atom is -0.487 e. The minimum atomic E-state index is 0.0426. The third-order valence-electron chi connectivity index (χ3n) is 4.56. The molecule has 3 nitrogen and oxygen atoms in total. The molecule has 104 valence electrons. The van der Waals surface area contributed by atoms with Crippen LogP contribution in [0.5, 0.6) is 5.75 Å². The van der Waals surface area contributed by atoms with Crippen LogP contribution in [0.15, 0.2) is 18.2 Å². The quantitative estimate of drug-likeness (QED) is 0.839. The third-order valence-corrected chi connectivity index (χ3v) is 4.56. The number of aryl methyl sites for hydroxylation is 1. The van der Waals surface area contributed by atoms with Gasteiger partial charge in [0.2, 0.25) is 0 Å². The van der Waals surface area contributed by atoms with Gasteiger partial charge in [0.05, 0.1) is 0 Å². The lowest BCUT2D eigenvalue weighted by Gasteiger charge is -2.46. The SMILES string of the molecule is Cc1ccc2c(c1)OC1(CCNCC1)CC2N(C)C. The van der Waals surface area contributed by atoms with Crippen molar-refractivity contribution in [2.45, 2.75) is 37.8 Å². The van der Waals surface area contributed by atoms with Gasteiger partial charge in [-0.3, -0.25) is 0 Å². The molecule has 0 aliphatic carbocycles. The molecule has 2 aliphatic heterocycles. The molecule has 0 bridgehead atoms. The largest absolute Gasteiger partial charge is 0.487 e. The molecule has 0 aromatic heterocycles. The van der Waals surface area contributed by atoms with Crippen molar-refractivity contribution in [2.24, 2.45) is 0 Å². The first-order valence-electron chi connectivity index (χ1n) is 7.26. The van der Waals surface area contributed by atoms with Crippen LogP contribution in [-0.2, 0) is 0 Å². The van der Waals surface area contributed by atoms with Crippen LogP contribution < -0.4 is 10.1 Å². The number of hydrogen-bond donors (Lipinski definition) is 1. The van der Waals surface area contributed by atoms with Crippen LogP contribution in [-0.4, -0.2) is 37.7 Å². The van der Waals surface area contributed by atoms with Gasteiger partial charge in [0.1, 0.15) is 11.4 Å². The van der Waals surface area contributed by atoms with Crippen molar-refractivity contribution in [3.63, 3.8) is 0 Å². The summed E-state index contributed by atoms with van der Waals surface area (Å²) >= 11 is 0. The first-order valence-corrected chi connectivity index (χ1v) is 7.26. The molecule has 2 aliphatic rings. The van der Waals surface area contributed by atoms with Gasteiger partial charge in [0.15, 0.2) is 0 Å². The number of hydrogen-bond acceptors (Lipinski definition) is 3. The maximum Gasteiger partial charge on any atom is 0.125 e. The topological polar surface area (TPSA) is 24.5 Å². The van der Waals surface area contributed by atoms with Crippen molar-refractivity contribution in [3.05, 3.63) is 29.3 Å². The van der Waals surface area contributed by atoms with Crippen molar-refractivity contribution in [1.82, 2.24) is 10.2 Å². The van der Waals surface area contributed by atoms with Gasteiger partial charge in [0, 0.05) is 18.0 Å². The summed E-state index contributed by atoms with van der Waals surface area (Å²) in [4.78, 5) is 2.33. The van der Waals surface area contributed by atoms with E-state index in [0.29, 0.717) is 6.04 Å². The molecule has 1 N–H and O–H groups in total. The zero-order valence-electron chi connectivity index (χ0n) is 12.2. The van der Waals surface area contributed by atoms with Crippen molar-refractivity contribution in [2.75, 3.05) is 27.2 Å². The second kappa shape index (κ2) is 4.80. The second-order valence-corrected chi connectivity index (χ2v) is 6.26. The Hall–Kier alpha value is -1.06. The lowest BCUT2D eigenvalue weighted by Crippen LogP contribution is -2.50. The third kappa shape index (κ3) is 2.37. The lowest BCUT2D eigenvalue weighted by atomic mass is 9.80. The van der Waals surface area contributed by atoms with E-state index in [1.54, 1.807) is 0 Å². The normalized spacial score (nSPS) is 25.2. The summed E-state index contributed by atoms with van der Waals surface area (Å²) in [7, 11) is 4.35. The minimum absolute atomic E-state index is 0.0426. The van der Waals surface area contributed by atoms with Crippen molar-refractivity contribution in [3.8, 4) is 5.75 Å². The molecule has 0 saturated carbocycles. The molecular formula is C16H24N2O. The average Bonchev–Trinajstić information content (AvgIpc) is 2.38. The lowest BCUT2D eigenvalue weighted by molar-refractivity contribution is -0.0118. The van der Waals surface area contributed by atoms with E-state index in [1.165, 1.54) is 11.1 Å². The molecule has 1 aromatic rings. The van der Waals surface area contributed by atoms with Crippen LogP contribution in [0.4, 0.5) is 0 Å². The predicted octanol–water partition coefficient (Wildman–Crippen LogP) is 2.50. The molecule has 1 fully saturated rings. The van der Waals surface area contributed by atoms with Gasteiger partial charge in [-0.05, 0) is 58.6 Å². The standard InChI is InChI=1S/C16H24N2O/c1-12-4-5-13-14(18(2)3)11-16(19-15(13)10-12)6-8-17-9-7-16/h4-5,10,14,17H,6-9,11H2,1-3H3. The smallest absolute Gasteiger partial charge is 0.125 e. The Morgan fingerprint density at radius 2 is 2.00 bits per heavy atom. The molecule has 1 spiro atoms. The monoisotopic (exact) mass is 260 g/mol. The van der Waals surface area contributed by atoms with E-state index < -0.39 is 0 Å². The van der Waals surface area contributed by atoms with Gasteiger partial charge < -0.3 is 15.0 Å². The molecule has 1 saturated heterocycles. The highest BCUT2D eigenvalue weighted by atomic mass is 16.5. The molecule has 1 aromatic carbocycles. The maximum absolute atomic E-state index is 6.45. The summed E-state index contributed by atoms with van der Waals surface area (Å²) < 4.78 is 6.45. The maximum atomic E-state index is 6.45. The Kier molecular flexibility index (Phi) is 3.27.